The van der Waals surface area contributed by atoms with Crippen LogP contribution in [-0.2, 0) is 9.59 Å². The lowest BCUT2D eigenvalue weighted by atomic mass is 10.1. The molecule has 5 nitrogen and oxygen atoms in total. The number of unbranched alkanes of at least 4 members (excludes halogenated alkanes) is 1. The third-order valence-corrected chi connectivity index (χ3v) is 2.56. The lowest BCUT2D eigenvalue weighted by Gasteiger charge is -2.17. The molecular formula is C10H18N2O3. The Morgan fingerprint density at radius 2 is 2.47 bits per heavy atom. The van der Waals surface area contributed by atoms with E-state index >= 15 is 0 Å². The summed E-state index contributed by atoms with van der Waals surface area (Å²) in [5, 5.41) is 14.6. The standard InChI is InChI=1S/C10H18N2O3/c1-2-3-4-8(10(14)15)12-7-5-9(13)11-6-7/h7-8,12H,2-6H2,1H3,(H,11,13)(H,14,15). The lowest BCUT2D eigenvalue weighted by molar-refractivity contribution is -0.140. The van der Waals surface area contributed by atoms with E-state index in [0.29, 0.717) is 19.4 Å². The monoisotopic (exact) mass is 214 g/mol. The molecule has 0 saturated carbocycles. The van der Waals surface area contributed by atoms with Gasteiger partial charge in [0.2, 0.25) is 5.91 Å². The molecule has 0 aliphatic carbocycles. The van der Waals surface area contributed by atoms with Crippen LogP contribution in [0.25, 0.3) is 0 Å². The Hall–Kier alpha value is -1.10. The molecule has 86 valence electrons. The average Bonchev–Trinajstić information content (AvgIpc) is 2.58. The van der Waals surface area contributed by atoms with Gasteiger partial charge in [-0.05, 0) is 6.42 Å². The van der Waals surface area contributed by atoms with Gasteiger partial charge in [-0.3, -0.25) is 14.9 Å². The second-order valence-electron chi connectivity index (χ2n) is 3.90. The first kappa shape index (κ1) is 12.0. The first-order valence-electron chi connectivity index (χ1n) is 5.39. The predicted octanol–water partition coefficient (Wildman–Crippen LogP) is 0.108. The molecule has 0 spiro atoms. The lowest BCUT2D eigenvalue weighted by Crippen LogP contribution is -2.44. The van der Waals surface area contributed by atoms with Gasteiger partial charge in [-0.1, -0.05) is 19.8 Å². The fourth-order valence-electron chi connectivity index (χ4n) is 1.69. The summed E-state index contributed by atoms with van der Waals surface area (Å²) in [7, 11) is 0. The van der Waals surface area contributed by atoms with Crippen molar-refractivity contribution in [2.75, 3.05) is 6.54 Å². The summed E-state index contributed by atoms with van der Waals surface area (Å²) in [6.07, 6.45) is 2.87. The molecule has 1 heterocycles. The van der Waals surface area contributed by atoms with E-state index in [1.54, 1.807) is 0 Å². The first-order valence-corrected chi connectivity index (χ1v) is 5.39. The van der Waals surface area contributed by atoms with Gasteiger partial charge >= 0.3 is 5.97 Å². The molecule has 0 aromatic rings. The fourth-order valence-corrected chi connectivity index (χ4v) is 1.69. The van der Waals surface area contributed by atoms with Crippen LogP contribution >= 0.6 is 0 Å². The molecule has 2 unspecified atom stereocenters. The zero-order chi connectivity index (χ0) is 11.3. The van der Waals surface area contributed by atoms with Crippen LogP contribution < -0.4 is 10.6 Å². The first-order chi connectivity index (χ1) is 7.13. The van der Waals surface area contributed by atoms with E-state index < -0.39 is 12.0 Å². The fraction of sp³-hybridized carbons (Fsp3) is 0.800. The molecule has 5 heteroatoms. The number of carboxylic acids is 1. The predicted molar refractivity (Wildman–Crippen MR) is 55.5 cm³/mol. The van der Waals surface area contributed by atoms with Gasteiger partial charge in [0.25, 0.3) is 0 Å². The van der Waals surface area contributed by atoms with Crippen LogP contribution in [0.1, 0.15) is 32.6 Å². The highest BCUT2D eigenvalue weighted by Gasteiger charge is 2.26. The van der Waals surface area contributed by atoms with Gasteiger partial charge in [-0.2, -0.15) is 0 Å². The van der Waals surface area contributed by atoms with E-state index in [4.69, 9.17) is 5.11 Å². The minimum atomic E-state index is -0.831. The van der Waals surface area contributed by atoms with Crippen LogP contribution in [0, 0.1) is 0 Å². The molecule has 1 rings (SSSR count). The summed E-state index contributed by atoms with van der Waals surface area (Å²) in [6.45, 7) is 2.56. The van der Waals surface area contributed by atoms with Crippen LogP contribution in [-0.4, -0.2) is 35.6 Å². The molecule has 0 radical (unpaired) electrons. The number of aliphatic carboxylic acids is 1. The SMILES string of the molecule is CCCCC(NC1CNC(=O)C1)C(=O)O. The Morgan fingerprint density at radius 3 is 2.93 bits per heavy atom. The zero-order valence-electron chi connectivity index (χ0n) is 8.95. The van der Waals surface area contributed by atoms with E-state index in [1.807, 2.05) is 6.92 Å². The second-order valence-corrected chi connectivity index (χ2v) is 3.90. The third kappa shape index (κ3) is 3.87. The molecule has 1 saturated heterocycles. The summed E-state index contributed by atoms with van der Waals surface area (Å²) in [4.78, 5) is 21.8. The topological polar surface area (TPSA) is 78.4 Å². The zero-order valence-corrected chi connectivity index (χ0v) is 8.95. The van der Waals surface area contributed by atoms with Crippen LogP contribution in [0.3, 0.4) is 0 Å². The Bertz CT molecular complexity index is 243. The van der Waals surface area contributed by atoms with Gasteiger partial charge in [0.1, 0.15) is 6.04 Å². The largest absolute Gasteiger partial charge is 0.480 e. The molecule has 1 amide bonds. The van der Waals surface area contributed by atoms with Gasteiger partial charge in [0.15, 0.2) is 0 Å². The Morgan fingerprint density at radius 1 is 1.73 bits per heavy atom. The van der Waals surface area contributed by atoms with Crippen molar-refractivity contribution in [3.05, 3.63) is 0 Å². The summed E-state index contributed by atoms with van der Waals surface area (Å²) in [5.41, 5.74) is 0. The number of hydrogen-bond donors (Lipinski definition) is 3. The highest BCUT2D eigenvalue weighted by atomic mass is 16.4. The summed E-state index contributed by atoms with van der Waals surface area (Å²) in [6, 6.07) is -0.557. The van der Waals surface area contributed by atoms with E-state index in [-0.39, 0.29) is 11.9 Å². The maximum absolute atomic E-state index is 10.9. The molecule has 1 fully saturated rings. The van der Waals surface area contributed by atoms with Gasteiger partial charge in [0, 0.05) is 19.0 Å². The molecule has 1 aliphatic rings. The van der Waals surface area contributed by atoms with Gasteiger partial charge in [-0.15, -0.1) is 0 Å². The molecule has 2 atom stereocenters. The number of rotatable bonds is 6. The number of carbonyl (C=O) groups excluding carboxylic acids is 1. The number of carbonyl (C=O) groups is 2. The number of nitrogens with one attached hydrogen (secondary N) is 2. The maximum Gasteiger partial charge on any atom is 0.320 e. The van der Waals surface area contributed by atoms with Crippen molar-refractivity contribution in [3.8, 4) is 0 Å². The molecule has 0 aromatic heterocycles. The Balaban J connectivity index is 2.36. The normalized spacial score (nSPS) is 22.5. The van der Waals surface area contributed by atoms with Crippen molar-refractivity contribution < 1.29 is 14.7 Å². The van der Waals surface area contributed by atoms with E-state index in [0.717, 1.165) is 12.8 Å². The van der Waals surface area contributed by atoms with Crippen molar-refractivity contribution in [1.82, 2.24) is 10.6 Å². The maximum atomic E-state index is 10.9. The Labute approximate surface area is 89.2 Å². The van der Waals surface area contributed by atoms with Gasteiger partial charge in [-0.25, -0.2) is 0 Å². The van der Waals surface area contributed by atoms with Crippen molar-refractivity contribution in [1.29, 1.82) is 0 Å². The highest BCUT2D eigenvalue weighted by molar-refractivity contribution is 5.79. The highest BCUT2D eigenvalue weighted by Crippen LogP contribution is 2.06. The van der Waals surface area contributed by atoms with E-state index in [9.17, 15) is 9.59 Å². The number of hydrogen-bond acceptors (Lipinski definition) is 3. The average molecular weight is 214 g/mol. The van der Waals surface area contributed by atoms with Gasteiger partial charge in [0.05, 0.1) is 0 Å². The van der Waals surface area contributed by atoms with Crippen LogP contribution in [0.2, 0.25) is 0 Å². The smallest absolute Gasteiger partial charge is 0.320 e. The minimum Gasteiger partial charge on any atom is -0.480 e. The van der Waals surface area contributed by atoms with Crippen LogP contribution in [0.15, 0.2) is 0 Å². The summed E-state index contributed by atoms with van der Waals surface area (Å²) >= 11 is 0. The minimum absolute atomic E-state index is 0.00729. The number of amides is 1. The van der Waals surface area contributed by atoms with Crippen molar-refractivity contribution in [2.45, 2.75) is 44.7 Å². The number of carboxylic acid groups (broad SMARTS) is 1. The molecule has 15 heavy (non-hydrogen) atoms. The van der Waals surface area contributed by atoms with Gasteiger partial charge < -0.3 is 10.4 Å². The van der Waals surface area contributed by atoms with E-state index in [1.165, 1.54) is 0 Å². The summed E-state index contributed by atoms with van der Waals surface area (Å²) in [5.74, 6) is -0.838. The molecular weight excluding hydrogens is 196 g/mol. The van der Waals surface area contributed by atoms with E-state index in [2.05, 4.69) is 10.6 Å². The van der Waals surface area contributed by atoms with Crippen LogP contribution in [0.5, 0.6) is 0 Å². The quantitative estimate of drug-likeness (QED) is 0.586. The van der Waals surface area contributed by atoms with Crippen molar-refractivity contribution >= 4 is 11.9 Å². The van der Waals surface area contributed by atoms with Crippen molar-refractivity contribution in [3.63, 3.8) is 0 Å². The van der Waals surface area contributed by atoms with Crippen LogP contribution in [0.4, 0.5) is 0 Å². The van der Waals surface area contributed by atoms with Crippen molar-refractivity contribution in [2.24, 2.45) is 0 Å². The molecule has 0 bridgehead atoms. The molecule has 3 N–H and O–H groups in total. The second kappa shape index (κ2) is 5.70. The summed E-state index contributed by atoms with van der Waals surface area (Å²) < 4.78 is 0. The Kier molecular flexibility index (Phi) is 4.55. The molecule has 0 aromatic carbocycles. The third-order valence-electron chi connectivity index (χ3n) is 2.56. The molecule has 1 aliphatic heterocycles.